The van der Waals surface area contributed by atoms with Gasteiger partial charge in [0.05, 0.1) is 5.76 Å². The molecular weight excluding hydrogens is 284 g/mol. The van der Waals surface area contributed by atoms with Crippen molar-refractivity contribution in [3.63, 3.8) is 0 Å². The summed E-state index contributed by atoms with van der Waals surface area (Å²) in [7, 11) is 0. The lowest BCUT2D eigenvalue weighted by atomic mass is 9.84. The second-order valence-corrected chi connectivity index (χ2v) is 5.48. The standard InChI is InChI=1S/C17H16O5/c1-8-5-11(18)7-14-15(8)9(2)16(21)17(22-14)10-3-4-12(19)13(20)6-10/h3-4,6-8,18-21H,2,5H2,1H3/t8-/m0/s1. The van der Waals surface area contributed by atoms with E-state index in [1.807, 2.05) is 6.92 Å². The fraction of sp³-hybridized carbons (Fsp3) is 0.176. The predicted molar refractivity (Wildman–Crippen MR) is 81.1 cm³/mol. The second-order valence-electron chi connectivity index (χ2n) is 5.48. The van der Waals surface area contributed by atoms with Crippen molar-refractivity contribution in [3.8, 4) is 11.5 Å². The van der Waals surface area contributed by atoms with Crippen LogP contribution in [0.15, 0.2) is 59.3 Å². The van der Waals surface area contributed by atoms with Crippen LogP contribution in [-0.4, -0.2) is 20.4 Å². The topological polar surface area (TPSA) is 90.2 Å². The Morgan fingerprint density at radius 1 is 1.14 bits per heavy atom. The van der Waals surface area contributed by atoms with Gasteiger partial charge in [0, 0.05) is 29.2 Å². The van der Waals surface area contributed by atoms with E-state index in [9.17, 15) is 20.4 Å². The summed E-state index contributed by atoms with van der Waals surface area (Å²) >= 11 is 0. The Balaban J connectivity index is 2.08. The van der Waals surface area contributed by atoms with Crippen molar-refractivity contribution in [2.24, 2.45) is 5.92 Å². The Morgan fingerprint density at radius 2 is 1.86 bits per heavy atom. The summed E-state index contributed by atoms with van der Waals surface area (Å²) in [5, 5.41) is 39.1. The molecule has 0 spiro atoms. The summed E-state index contributed by atoms with van der Waals surface area (Å²) in [6.07, 6.45) is 1.97. The van der Waals surface area contributed by atoms with Gasteiger partial charge in [0.2, 0.25) is 0 Å². The molecule has 0 saturated heterocycles. The summed E-state index contributed by atoms with van der Waals surface area (Å²) in [5.41, 5.74) is 1.58. The largest absolute Gasteiger partial charge is 0.512 e. The number of aliphatic hydroxyl groups excluding tert-OH is 2. The number of ether oxygens (including phenoxy) is 1. The predicted octanol–water partition coefficient (Wildman–Crippen LogP) is 3.65. The van der Waals surface area contributed by atoms with E-state index in [2.05, 4.69) is 6.58 Å². The minimum Gasteiger partial charge on any atom is -0.512 e. The van der Waals surface area contributed by atoms with Crippen molar-refractivity contribution >= 4 is 5.76 Å². The maximum Gasteiger partial charge on any atom is 0.177 e. The second kappa shape index (κ2) is 4.87. The molecule has 2 aliphatic rings. The van der Waals surface area contributed by atoms with Gasteiger partial charge in [-0.3, -0.25) is 0 Å². The van der Waals surface area contributed by atoms with Gasteiger partial charge in [0.1, 0.15) is 5.76 Å². The van der Waals surface area contributed by atoms with E-state index in [4.69, 9.17) is 4.74 Å². The Kier molecular flexibility index (Phi) is 3.13. The first-order valence-corrected chi connectivity index (χ1v) is 6.85. The molecule has 1 atom stereocenters. The molecule has 5 nitrogen and oxygen atoms in total. The molecule has 1 aromatic carbocycles. The van der Waals surface area contributed by atoms with E-state index < -0.39 is 0 Å². The molecule has 4 N–H and O–H groups in total. The highest BCUT2D eigenvalue weighted by Gasteiger charge is 2.32. The third kappa shape index (κ3) is 2.11. The summed E-state index contributed by atoms with van der Waals surface area (Å²) in [4.78, 5) is 0. The maximum absolute atomic E-state index is 10.4. The van der Waals surface area contributed by atoms with Gasteiger partial charge in [-0.15, -0.1) is 0 Å². The molecule has 0 unspecified atom stereocenters. The smallest absolute Gasteiger partial charge is 0.177 e. The first-order valence-electron chi connectivity index (χ1n) is 6.85. The third-order valence-electron chi connectivity index (χ3n) is 3.85. The van der Waals surface area contributed by atoms with Crippen LogP contribution in [0.25, 0.3) is 5.76 Å². The van der Waals surface area contributed by atoms with Gasteiger partial charge < -0.3 is 25.2 Å². The fourth-order valence-corrected chi connectivity index (χ4v) is 2.76. The van der Waals surface area contributed by atoms with E-state index in [-0.39, 0.29) is 34.7 Å². The average Bonchev–Trinajstić information content (AvgIpc) is 2.45. The monoisotopic (exact) mass is 300 g/mol. The molecule has 1 heterocycles. The minimum atomic E-state index is -0.317. The number of aliphatic hydroxyl groups is 2. The van der Waals surface area contributed by atoms with Crippen molar-refractivity contribution in [2.45, 2.75) is 13.3 Å². The molecule has 1 aliphatic carbocycles. The quantitative estimate of drug-likeness (QED) is 0.594. The molecule has 3 rings (SSSR count). The zero-order valence-electron chi connectivity index (χ0n) is 12.0. The van der Waals surface area contributed by atoms with Gasteiger partial charge in [-0.05, 0) is 24.1 Å². The molecule has 22 heavy (non-hydrogen) atoms. The Labute approximate surface area is 127 Å². The maximum atomic E-state index is 10.4. The first-order chi connectivity index (χ1) is 10.4. The fourth-order valence-electron chi connectivity index (χ4n) is 2.76. The van der Waals surface area contributed by atoms with Gasteiger partial charge in [-0.25, -0.2) is 0 Å². The highest BCUT2D eigenvalue weighted by Crippen LogP contribution is 2.43. The Bertz CT molecular complexity index is 767. The van der Waals surface area contributed by atoms with E-state index in [0.29, 0.717) is 23.3 Å². The van der Waals surface area contributed by atoms with Crippen LogP contribution in [0.3, 0.4) is 0 Å². The molecule has 0 aromatic heterocycles. The number of benzene rings is 1. The number of hydrogen-bond donors (Lipinski definition) is 4. The Hall–Kier alpha value is -2.82. The highest BCUT2D eigenvalue weighted by molar-refractivity contribution is 5.73. The van der Waals surface area contributed by atoms with Crippen LogP contribution in [0.1, 0.15) is 18.9 Å². The zero-order chi connectivity index (χ0) is 16.0. The van der Waals surface area contributed by atoms with Crippen LogP contribution in [0.2, 0.25) is 0 Å². The van der Waals surface area contributed by atoms with Crippen molar-refractivity contribution in [1.82, 2.24) is 0 Å². The number of phenolic OH excluding ortho intramolecular Hbond substituents is 2. The summed E-state index contributed by atoms with van der Waals surface area (Å²) in [6.45, 7) is 5.82. The van der Waals surface area contributed by atoms with Crippen LogP contribution in [0.5, 0.6) is 11.5 Å². The van der Waals surface area contributed by atoms with Gasteiger partial charge in [-0.2, -0.15) is 0 Å². The number of hydrogen-bond acceptors (Lipinski definition) is 5. The van der Waals surface area contributed by atoms with Crippen LogP contribution >= 0.6 is 0 Å². The molecule has 0 radical (unpaired) electrons. The first kappa shape index (κ1) is 14.1. The van der Waals surface area contributed by atoms with E-state index in [1.165, 1.54) is 24.3 Å². The molecule has 0 saturated carbocycles. The van der Waals surface area contributed by atoms with Gasteiger partial charge in [0.25, 0.3) is 0 Å². The molecule has 0 amide bonds. The van der Waals surface area contributed by atoms with Crippen molar-refractivity contribution in [1.29, 1.82) is 0 Å². The number of rotatable bonds is 1. The van der Waals surface area contributed by atoms with E-state index in [0.717, 1.165) is 5.57 Å². The van der Waals surface area contributed by atoms with Crippen LogP contribution < -0.4 is 0 Å². The molecule has 114 valence electrons. The highest BCUT2D eigenvalue weighted by atomic mass is 16.5. The van der Waals surface area contributed by atoms with Gasteiger partial charge in [-0.1, -0.05) is 13.5 Å². The summed E-state index contributed by atoms with van der Waals surface area (Å²) in [6, 6.07) is 4.10. The summed E-state index contributed by atoms with van der Waals surface area (Å²) in [5.74, 6) is 0.0338. The molecule has 5 heteroatoms. The van der Waals surface area contributed by atoms with Crippen molar-refractivity contribution in [3.05, 3.63) is 64.8 Å². The normalized spacial score (nSPS) is 21.4. The average molecular weight is 300 g/mol. The van der Waals surface area contributed by atoms with Crippen LogP contribution in [-0.2, 0) is 4.74 Å². The van der Waals surface area contributed by atoms with Crippen LogP contribution in [0, 0.1) is 5.92 Å². The zero-order valence-corrected chi connectivity index (χ0v) is 12.0. The number of aromatic hydroxyl groups is 2. The lowest BCUT2D eigenvalue weighted by Gasteiger charge is -2.30. The number of allylic oxidation sites excluding steroid dienone is 3. The lowest BCUT2D eigenvalue weighted by molar-refractivity contribution is 0.303. The van der Waals surface area contributed by atoms with E-state index >= 15 is 0 Å². The van der Waals surface area contributed by atoms with Crippen LogP contribution in [0.4, 0.5) is 0 Å². The van der Waals surface area contributed by atoms with Crippen molar-refractivity contribution in [2.75, 3.05) is 0 Å². The van der Waals surface area contributed by atoms with E-state index in [1.54, 1.807) is 0 Å². The Morgan fingerprint density at radius 3 is 2.55 bits per heavy atom. The third-order valence-corrected chi connectivity index (χ3v) is 3.85. The molecule has 1 aromatic rings. The lowest BCUT2D eigenvalue weighted by Crippen LogP contribution is -2.18. The SMILES string of the molecule is C=C1C(O)=C(c2ccc(O)c(O)c2)OC2=C1[C@@H](C)CC(O)=C2. The van der Waals surface area contributed by atoms with Crippen molar-refractivity contribution < 1.29 is 25.2 Å². The number of phenols is 2. The molecular formula is C17H16O5. The van der Waals surface area contributed by atoms with Gasteiger partial charge >= 0.3 is 0 Å². The van der Waals surface area contributed by atoms with Gasteiger partial charge in [0.15, 0.2) is 23.0 Å². The molecule has 0 fully saturated rings. The molecule has 1 aliphatic heterocycles. The molecule has 0 bridgehead atoms. The summed E-state index contributed by atoms with van der Waals surface area (Å²) < 4.78 is 5.71. The minimum absolute atomic E-state index is 0.0237.